The van der Waals surface area contributed by atoms with Crippen LogP contribution in [0.4, 0.5) is 10.2 Å². The molecule has 3 heterocycles. The summed E-state index contributed by atoms with van der Waals surface area (Å²) in [5, 5.41) is 12.2. The maximum Gasteiger partial charge on any atom is 0.152 e. The second-order valence-corrected chi connectivity index (χ2v) is 5.80. The van der Waals surface area contributed by atoms with Gasteiger partial charge in [-0.1, -0.05) is 0 Å². The van der Waals surface area contributed by atoms with Crippen molar-refractivity contribution in [2.24, 2.45) is 0 Å². The smallest absolute Gasteiger partial charge is 0.152 e. The van der Waals surface area contributed by atoms with Crippen LogP contribution in [0.25, 0.3) is 11.2 Å². The molecule has 6 nitrogen and oxygen atoms in total. The molecule has 1 aromatic carbocycles. The highest BCUT2D eigenvalue weighted by Crippen LogP contribution is 2.15. The molecule has 0 fully saturated rings. The lowest BCUT2D eigenvalue weighted by atomic mass is 10.3. The van der Waals surface area contributed by atoms with Crippen molar-refractivity contribution in [3.05, 3.63) is 72.2 Å². The van der Waals surface area contributed by atoms with E-state index in [2.05, 4.69) is 20.5 Å². The van der Waals surface area contributed by atoms with Crippen molar-refractivity contribution < 1.29 is 4.39 Å². The summed E-state index contributed by atoms with van der Waals surface area (Å²) in [6.07, 6.45) is 6.19. The summed E-state index contributed by atoms with van der Waals surface area (Å²) in [5.41, 5.74) is 3.70. The predicted octanol–water partition coefficient (Wildman–Crippen LogP) is 3.02. The van der Waals surface area contributed by atoms with Gasteiger partial charge in [0.15, 0.2) is 5.82 Å². The van der Waals surface area contributed by atoms with Gasteiger partial charge in [-0.2, -0.15) is 10.2 Å². The molecule has 4 aromatic rings. The van der Waals surface area contributed by atoms with Crippen LogP contribution in [-0.4, -0.2) is 30.9 Å². The first-order valence-electron chi connectivity index (χ1n) is 8.04. The number of halogens is 1. The first-order valence-corrected chi connectivity index (χ1v) is 8.04. The predicted molar refractivity (Wildman–Crippen MR) is 93.4 cm³/mol. The van der Waals surface area contributed by atoms with Gasteiger partial charge < -0.3 is 5.32 Å². The van der Waals surface area contributed by atoms with E-state index >= 15 is 0 Å². The molecule has 7 heteroatoms. The molecular formula is C18H17FN6. The highest BCUT2D eigenvalue weighted by atomic mass is 19.1. The second-order valence-electron chi connectivity index (χ2n) is 5.80. The lowest BCUT2D eigenvalue weighted by Crippen LogP contribution is -2.08. The quantitative estimate of drug-likeness (QED) is 0.609. The Bertz CT molecular complexity index is 1000. The Kier molecular flexibility index (Phi) is 3.89. The number of aryl methyl sites for hydroxylation is 1. The Morgan fingerprint density at radius 2 is 1.92 bits per heavy atom. The normalized spacial score (nSPS) is 11.1. The lowest BCUT2D eigenvalue weighted by molar-refractivity contribution is 0.627. The third-order valence-corrected chi connectivity index (χ3v) is 3.92. The second kappa shape index (κ2) is 6.35. The zero-order chi connectivity index (χ0) is 17.2. The van der Waals surface area contributed by atoms with Crippen molar-refractivity contribution in [3.8, 4) is 5.69 Å². The van der Waals surface area contributed by atoms with E-state index in [0.29, 0.717) is 6.54 Å². The summed E-state index contributed by atoms with van der Waals surface area (Å²) in [6, 6.07) is 10.2. The topological polar surface area (TPSA) is 60.0 Å². The SMILES string of the molecule is Cc1cc2c(NCCc3ccn(-c4ccc(F)cc4)n3)nccn2n1. The molecule has 0 atom stereocenters. The number of aromatic nitrogens is 5. The highest BCUT2D eigenvalue weighted by Gasteiger charge is 2.06. The van der Waals surface area contributed by atoms with Gasteiger partial charge in [0.05, 0.1) is 17.1 Å². The fourth-order valence-corrected chi connectivity index (χ4v) is 2.72. The van der Waals surface area contributed by atoms with Gasteiger partial charge >= 0.3 is 0 Å². The van der Waals surface area contributed by atoms with Gasteiger partial charge in [-0.3, -0.25) is 0 Å². The van der Waals surface area contributed by atoms with E-state index in [1.165, 1.54) is 12.1 Å². The fraction of sp³-hybridized carbons (Fsp3) is 0.167. The van der Waals surface area contributed by atoms with E-state index in [-0.39, 0.29) is 5.82 Å². The van der Waals surface area contributed by atoms with E-state index in [0.717, 1.165) is 34.8 Å². The fourth-order valence-electron chi connectivity index (χ4n) is 2.72. The monoisotopic (exact) mass is 336 g/mol. The number of nitrogens with zero attached hydrogens (tertiary/aromatic N) is 5. The molecule has 0 amide bonds. The molecule has 0 spiro atoms. The average molecular weight is 336 g/mol. The van der Waals surface area contributed by atoms with Gasteiger partial charge in [0.2, 0.25) is 0 Å². The number of benzene rings is 1. The molecule has 0 aliphatic carbocycles. The van der Waals surface area contributed by atoms with Gasteiger partial charge in [0.1, 0.15) is 11.3 Å². The van der Waals surface area contributed by atoms with Crippen molar-refractivity contribution in [2.45, 2.75) is 13.3 Å². The Balaban J connectivity index is 1.42. The van der Waals surface area contributed by atoms with Gasteiger partial charge in [-0.15, -0.1) is 0 Å². The van der Waals surface area contributed by atoms with E-state index in [1.807, 2.05) is 36.0 Å². The zero-order valence-corrected chi connectivity index (χ0v) is 13.7. The van der Waals surface area contributed by atoms with Crippen LogP contribution < -0.4 is 5.32 Å². The summed E-state index contributed by atoms with van der Waals surface area (Å²) in [7, 11) is 0. The molecule has 4 rings (SSSR count). The number of hydrogen-bond donors (Lipinski definition) is 1. The van der Waals surface area contributed by atoms with Crippen LogP contribution in [0.3, 0.4) is 0 Å². The number of anilines is 1. The molecular weight excluding hydrogens is 319 g/mol. The van der Waals surface area contributed by atoms with Gasteiger partial charge in [0.25, 0.3) is 0 Å². The van der Waals surface area contributed by atoms with E-state index in [9.17, 15) is 4.39 Å². The number of fused-ring (bicyclic) bond motifs is 1. The number of hydrogen-bond acceptors (Lipinski definition) is 4. The molecule has 0 aliphatic heterocycles. The van der Waals surface area contributed by atoms with Gasteiger partial charge in [-0.25, -0.2) is 18.6 Å². The van der Waals surface area contributed by atoms with Crippen molar-refractivity contribution in [1.82, 2.24) is 24.4 Å². The van der Waals surface area contributed by atoms with Crippen LogP contribution >= 0.6 is 0 Å². The minimum Gasteiger partial charge on any atom is -0.368 e. The molecule has 0 saturated carbocycles. The summed E-state index contributed by atoms with van der Waals surface area (Å²) < 4.78 is 16.6. The van der Waals surface area contributed by atoms with Crippen LogP contribution in [0, 0.1) is 12.7 Å². The Hall–Kier alpha value is -3.22. The van der Waals surface area contributed by atoms with E-state index in [1.54, 1.807) is 23.0 Å². The molecule has 126 valence electrons. The summed E-state index contributed by atoms with van der Waals surface area (Å²) in [6.45, 7) is 2.66. The molecule has 1 N–H and O–H groups in total. The maximum atomic E-state index is 13.0. The third-order valence-electron chi connectivity index (χ3n) is 3.92. The molecule has 0 unspecified atom stereocenters. The Labute approximate surface area is 143 Å². The maximum absolute atomic E-state index is 13.0. The van der Waals surface area contributed by atoms with Crippen molar-refractivity contribution >= 4 is 11.3 Å². The average Bonchev–Trinajstić information content (AvgIpc) is 3.22. The van der Waals surface area contributed by atoms with Gasteiger partial charge in [-0.05, 0) is 43.3 Å². The first kappa shape index (κ1) is 15.3. The largest absolute Gasteiger partial charge is 0.368 e. The molecule has 0 saturated heterocycles. The highest BCUT2D eigenvalue weighted by molar-refractivity contribution is 5.67. The lowest BCUT2D eigenvalue weighted by Gasteiger charge is -2.05. The van der Waals surface area contributed by atoms with Crippen molar-refractivity contribution in [3.63, 3.8) is 0 Å². The van der Waals surface area contributed by atoms with Crippen molar-refractivity contribution in [2.75, 3.05) is 11.9 Å². The van der Waals surface area contributed by atoms with E-state index in [4.69, 9.17) is 0 Å². The summed E-state index contributed by atoms with van der Waals surface area (Å²) in [5.74, 6) is 0.554. The zero-order valence-electron chi connectivity index (χ0n) is 13.7. The molecule has 0 radical (unpaired) electrons. The standard InChI is InChI=1S/C18H17FN6/c1-13-12-17-18(21-9-11-25(17)22-13)20-8-6-15-7-10-24(23-15)16-4-2-14(19)3-5-16/h2-5,7,9-12H,6,8H2,1H3,(H,20,21). The minimum absolute atomic E-state index is 0.253. The first-order chi connectivity index (χ1) is 12.2. The van der Waals surface area contributed by atoms with Crippen LogP contribution in [0.5, 0.6) is 0 Å². The number of rotatable bonds is 5. The molecule has 25 heavy (non-hydrogen) atoms. The Morgan fingerprint density at radius 1 is 1.08 bits per heavy atom. The molecule has 0 aliphatic rings. The third kappa shape index (κ3) is 3.21. The van der Waals surface area contributed by atoms with Crippen LogP contribution in [0.2, 0.25) is 0 Å². The number of nitrogens with one attached hydrogen (secondary N) is 1. The Morgan fingerprint density at radius 3 is 2.76 bits per heavy atom. The van der Waals surface area contributed by atoms with Gasteiger partial charge in [0, 0.05) is 31.6 Å². The van der Waals surface area contributed by atoms with E-state index < -0.39 is 0 Å². The van der Waals surface area contributed by atoms with Crippen LogP contribution in [-0.2, 0) is 6.42 Å². The summed E-state index contributed by atoms with van der Waals surface area (Å²) >= 11 is 0. The minimum atomic E-state index is -0.253. The van der Waals surface area contributed by atoms with Crippen molar-refractivity contribution in [1.29, 1.82) is 0 Å². The van der Waals surface area contributed by atoms with Crippen LogP contribution in [0.15, 0.2) is 55.0 Å². The molecule has 0 bridgehead atoms. The van der Waals surface area contributed by atoms with Crippen LogP contribution in [0.1, 0.15) is 11.4 Å². The summed E-state index contributed by atoms with van der Waals surface area (Å²) in [4.78, 5) is 4.38. The molecule has 3 aromatic heterocycles.